The van der Waals surface area contributed by atoms with Crippen LogP contribution in [0.1, 0.15) is 36.8 Å². The summed E-state index contributed by atoms with van der Waals surface area (Å²) in [6.45, 7) is 5.17. The summed E-state index contributed by atoms with van der Waals surface area (Å²) >= 11 is 6.59. The molecule has 4 heteroatoms. The maximum atomic E-state index is 11.6. The fourth-order valence-corrected chi connectivity index (χ4v) is 3.38. The number of nitrogens with zero attached hydrogens (tertiary/aromatic N) is 1. The van der Waals surface area contributed by atoms with E-state index >= 15 is 0 Å². The average Bonchev–Trinajstić information content (AvgIpc) is 2.98. The number of nitrogens with one attached hydrogen (secondary N) is 1. The summed E-state index contributed by atoms with van der Waals surface area (Å²) in [5, 5.41) is 2.95. The molecule has 0 bridgehead atoms. The molecule has 1 N–H and O–H groups in total. The van der Waals surface area contributed by atoms with Crippen LogP contribution in [-0.4, -0.2) is 18.0 Å². The van der Waals surface area contributed by atoms with Crippen molar-refractivity contribution in [2.24, 2.45) is 11.3 Å². The molecule has 0 radical (unpaired) electrons. The second-order valence-electron chi connectivity index (χ2n) is 6.40. The van der Waals surface area contributed by atoms with Crippen LogP contribution < -0.4 is 5.32 Å². The van der Waals surface area contributed by atoms with Gasteiger partial charge < -0.3 is 10.2 Å². The first-order chi connectivity index (χ1) is 8.88. The third-order valence-corrected chi connectivity index (χ3v) is 4.94. The van der Waals surface area contributed by atoms with Gasteiger partial charge in [0.25, 0.3) is 0 Å². The summed E-state index contributed by atoms with van der Waals surface area (Å²) in [6, 6.07) is 6.10. The van der Waals surface area contributed by atoms with E-state index in [9.17, 15) is 4.79 Å². The van der Waals surface area contributed by atoms with Gasteiger partial charge in [-0.1, -0.05) is 26.0 Å². The van der Waals surface area contributed by atoms with Crippen LogP contribution in [0.15, 0.2) is 18.2 Å². The molecule has 102 valence electrons. The standard InChI is InChI=1S/C15H19ClN2O/c1-15(2)7-11(15)13(16)9-4-5-12-10(6-9)8-18(3)14(19)17-12/h4-6,11,13H,7-8H2,1-3H3,(H,17,19). The lowest BCUT2D eigenvalue weighted by Crippen LogP contribution is -2.35. The van der Waals surface area contributed by atoms with Crippen LogP contribution in [0.4, 0.5) is 10.5 Å². The van der Waals surface area contributed by atoms with Crippen LogP contribution >= 0.6 is 11.6 Å². The van der Waals surface area contributed by atoms with Crippen LogP contribution in [0.2, 0.25) is 0 Å². The van der Waals surface area contributed by atoms with Gasteiger partial charge >= 0.3 is 6.03 Å². The minimum Gasteiger partial charge on any atom is -0.323 e. The van der Waals surface area contributed by atoms with Crippen molar-refractivity contribution in [2.45, 2.75) is 32.2 Å². The number of carbonyl (C=O) groups excluding carboxylic acids is 1. The number of halogens is 1. The van der Waals surface area contributed by atoms with E-state index in [1.807, 2.05) is 12.1 Å². The van der Waals surface area contributed by atoms with Crippen molar-refractivity contribution in [3.05, 3.63) is 29.3 Å². The second kappa shape index (κ2) is 4.14. The number of urea groups is 1. The number of amides is 2. The predicted molar refractivity (Wildman–Crippen MR) is 77.4 cm³/mol. The van der Waals surface area contributed by atoms with Gasteiger partial charge in [-0.3, -0.25) is 0 Å². The lowest BCUT2D eigenvalue weighted by atomic mass is 9.99. The summed E-state index contributed by atoms with van der Waals surface area (Å²) < 4.78 is 0. The molecule has 2 amide bonds. The summed E-state index contributed by atoms with van der Waals surface area (Å²) in [5.74, 6) is 0.558. The van der Waals surface area contributed by atoms with Gasteiger partial charge in [0.15, 0.2) is 0 Å². The first kappa shape index (κ1) is 12.8. The summed E-state index contributed by atoms with van der Waals surface area (Å²) in [7, 11) is 1.80. The van der Waals surface area contributed by atoms with E-state index in [4.69, 9.17) is 11.6 Å². The Morgan fingerprint density at radius 3 is 2.79 bits per heavy atom. The van der Waals surface area contributed by atoms with Gasteiger partial charge in [-0.05, 0) is 34.9 Å². The zero-order valence-electron chi connectivity index (χ0n) is 11.5. The van der Waals surface area contributed by atoms with Crippen molar-refractivity contribution >= 4 is 23.3 Å². The Balaban J connectivity index is 1.86. The topological polar surface area (TPSA) is 32.3 Å². The van der Waals surface area contributed by atoms with Crippen LogP contribution in [0.3, 0.4) is 0 Å². The van der Waals surface area contributed by atoms with Gasteiger partial charge in [0.05, 0.1) is 5.38 Å². The molecule has 1 saturated carbocycles. The third kappa shape index (κ3) is 2.20. The molecule has 1 aromatic rings. The zero-order chi connectivity index (χ0) is 13.8. The maximum Gasteiger partial charge on any atom is 0.321 e. The fourth-order valence-electron chi connectivity index (χ4n) is 2.82. The van der Waals surface area contributed by atoms with Crippen LogP contribution in [0, 0.1) is 11.3 Å². The summed E-state index contributed by atoms with van der Waals surface area (Å²) in [4.78, 5) is 13.2. The van der Waals surface area contributed by atoms with E-state index in [-0.39, 0.29) is 11.4 Å². The normalized spacial score (nSPS) is 25.6. The monoisotopic (exact) mass is 278 g/mol. The van der Waals surface area contributed by atoms with Crippen molar-refractivity contribution in [3.63, 3.8) is 0 Å². The second-order valence-corrected chi connectivity index (χ2v) is 6.87. The van der Waals surface area contributed by atoms with E-state index < -0.39 is 0 Å². The van der Waals surface area contributed by atoms with Crippen molar-refractivity contribution in [2.75, 3.05) is 12.4 Å². The average molecular weight is 279 g/mol. The van der Waals surface area contributed by atoms with Crippen molar-refractivity contribution in [1.82, 2.24) is 4.90 Å². The van der Waals surface area contributed by atoms with Gasteiger partial charge in [-0.15, -0.1) is 11.6 Å². The number of hydrogen-bond donors (Lipinski definition) is 1. The molecule has 1 fully saturated rings. The molecular weight excluding hydrogens is 260 g/mol. The maximum absolute atomic E-state index is 11.6. The van der Waals surface area contributed by atoms with Crippen molar-refractivity contribution in [1.29, 1.82) is 0 Å². The highest BCUT2D eigenvalue weighted by Gasteiger charge is 2.50. The lowest BCUT2D eigenvalue weighted by Gasteiger charge is -2.27. The molecule has 2 atom stereocenters. The Bertz CT molecular complexity index is 541. The lowest BCUT2D eigenvalue weighted by molar-refractivity contribution is 0.218. The van der Waals surface area contributed by atoms with Crippen molar-refractivity contribution in [3.8, 4) is 0 Å². The van der Waals surface area contributed by atoms with E-state index in [2.05, 4.69) is 25.2 Å². The highest BCUT2D eigenvalue weighted by atomic mass is 35.5. The summed E-state index contributed by atoms with van der Waals surface area (Å²) in [5.41, 5.74) is 3.59. The largest absolute Gasteiger partial charge is 0.323 e. The molecule has 0 aromatic heterocycles. The molecule has 1 aromatic carbocycles. The molecule has 1 aliphatic carbocycles. The Labute approximate surface area is 118 Å². The minimum atomic E-state index is -0.0500. The first-order valence-corrected chi connectivity index (χ1v) is 7.11. The number of carbonyl (C=O) groups is 1. The van der Waals surface area contributed by atoms with Gasteiger partial charge in [-0.2, -0.15) is 0 Å². The quantitative estimate of drug-likeness (QED) is 0.815. The molecule has 0 spiro atoms. The Kier molecular flexibility index (Phi) is 2.79. The van der Waals surface area contributed by atoms with Gasteiger partial charge in [-0.25, -0.2) is 4.79 Å². The number of anilines is 1. The molecule has 19 heavy (non-hydrogen) atoms. The van der Waals surface area contributed by atoms with E-state index in [1.165, 1.54) is 12.0 Å². The minimum absolute atomic E-state index is 0.0500. The van der Waals surface area contributed by atoms with Gasteiger partial charge in [0, 0.05) is 19.3 Å². The molecule has 0 saturated heterocycles. The fraction of sp³-hybridized carbons (Fsp3) is 0.533. The highest BCUT2D eigenvalue weighted by Crippen LogP contribution is 2.60. The zero-order valence-corrected chi connectivity index (χ0v) is 12.3. The molecule has 2 unspecified atom stereocenters. The first-order valence-electron chi connectivity index (χ1n) is 6.67. The van der Waals surface area contributed by atoms with E-state index in [0.29, 0.717) is 17.9 Å². The highest BCUT2D eigenvalue weighted by molar-refractivity contribution is 6.21. The third-order valence-electron chi connectivity index (χ3n) is 4.39. The Morgan fingerprint density at radius 1 is 1.47 bits per heavy atom. The molecule has 1 heterocycles. The molecule has 3 rings (SSSR count). The number of benzene rings is 1. The van der Waals surface area contributed by atoms with E-state index in [1.54, 1.807) is 11.9 Å². The molecule has 1 aliphatic heterocycles. The molecule has 3 nitrogen and oxygen atoms in total. The van der Waals surface area contributed by atoms with Crippen molar-refractivity contribution < 1.29 is 4.79 Å². The number of rotatable bonds is 2. The molecular formula is C15H19ClN2O. The van der Waals surface area contributed by atoms with Crippen LogP contribution in [-0.2, 0) is 6.54 Å². The molecule has 2 aliphatic rings. The summed E-state index contributed by atoms with van der Waals surface area (Å²) in [6.07, 6.45) is 1.19. The number of fused-ring (bicyclic) bond motifs is 1. The van der Waals surface area contributed by atoms with Gasteiger partial charge in [0.2, 0.25) is 0 Å². The number of hydrogen-bond acceptors (Lipinski definition) is 1. The smallest absolute Gasteiger partial charge is 0.321 e. The van der Waals surface area contributed by atoms with Gasteiger partial charge in [0.1, 0.15) is 0 Å². The number of alkyl halides is 1. The van der Waals surface area contributed by atoms with Crippen LogP contribution in [0.25, 0.3) is 0 Å². The Morgan fingerprint density at radius 2 is 2.16 bits per heavy atom. The SMILES string of the molecule is CN1Cc2cc(C(Cl)C3CC3(C)C)ccc2NC1=O. The van der Waals surface area contributed by atoms with E-state index in [0.717, 1.165) is 11.3 Å². The van der Waals surface area contributed by atoms with Crippen LogP contribution in [0.5, 0.6) is 0 Å². The predicted octanol–water partition coefficient (Wildman–Crippen LogP) is 3.99. The Hall–Kier alpha value is -1.22.